The number of halogens is 1. The molecule has 0 fully saturated rings. The quantitative estimate of drug-likeness (QED) is 0.695. The summed E-state index contributed by atoms with van der Waals surface area (Å²) in [6, 6.07) is 6.56. The number of aromatic nitrogens is 2. The van der Waals surface area contributed by atoms with E-state index in [1.807, 2.05) is 19.9 Å². The Kier molecular flexibility index (Phi) is 4.34. The van der Waals surface area contributed by atoms with Gasteiger partial charge in [-0.05, 0) is 66.0 Å². The van der Waals surface area contributed by atoms with Crippen LogP contribution in [0.4, 0.5) is 5.69 Å². The minimum Gasteiger partial charge on any atom is -0.478 e. The number of benzene rings is 1. The van der Waals surface area contributed by atoms with Gasteiger partial charge in [0.05, 0.1) is 11.3 Å². The fraction of sp³-hybridized carbons (Fsp3) is 0.167. The van der Waals surface area contributed by atoms with Crippen molar-refractivity contribution in [3.05, 3.63) is 63.0 Å². The van der Waals surface area contributed by atoms with Crippen LogP contribution in [0.15, 0.2) is 34.9 Å². The van der Waals surface area contributed by atoms with Crippen LogP contribution in [0.25, 0.3) is 5.65 Å². The van der Waals surface area contributed by atoms with E-state index < -0.39 is 5.97 Å². The van der Waals surface area contributed by atoms with Crippen molar-refractivity contribution in [2.75, 3.05) is 5.32 Å². The van der Waals surface area contributed by atoms with Crippen molar-refractivity contribution in [3.63, 3.8) is 0 Å². The molecule has 0 spiro atoms. The third-order valence-corrected chi connectivity index (χ3v) is 4.43. The molecule has 2 N–H and O–H groups in total. The average Bonchev–Trinajstić information content (AvgIpc) is 2.85. The molecule has 0 aliphatic carbocycles. The largest absolute Gasteiger partial charge is 0.478 e. The van der Waals surface area contributed by atoms with Gasteiger partial charge in [-0.1, -0.05) is 6.07 Å². The van der Waals surface area contributed by atoms with Gasteiger partial charge in [0.1, 0.15) is 11.3 Å². The molecule has 0 unspecified atom stereocenters. The Morgan fingerprint density at radius 1 is 1.16 bits per heavy atom. The topological polar surface area (TPSA) is 83.7 Å². The molecule has 0 saturated carbocycles. The van der Waals surface area contributed by atoms with E-state index in [9.17, 15) is 9.59 Å². The summed E-state index contributed by atoms with van der Waals surface area (Å²) in [6.45, 7) is 5.51. The Balaban J connectivity index is 2.05. The highest BCUT2D eigenvalue weighted by Crippen LogP contribution is 2.23. The molecule has 0 aliphatic rings. The molecule has 0 atom stereocenters. The molecule has 6 nitrogen and oxygen atoms in total. The summed E-state index contributed by atoms with van der Waals surface area (Å²) in [7, 11) is 0. The molecule has 3 rings (SSSR count). The van der Waals surface area contributed by atoms with Gasteiger partial charge in [-0.2, -0.15) is 0 Å². The number of hydrogen-bond donors (Lipinski definition) is 2. The Morgan fingerprint density at radius 3 is 2.56 bits per heavy atom. The summed E-state index contributed by atoms with van der Waals surface area (Å²) in [6.07, 6.45) is 1.79. The highest BCUT2D eigenvalue weighted by molar-refractivity contribution is 9.10. The second kappa shape index (κ2) is 6.33. The molecule has 2 heterocycles. The summed E-state index contributed by atoms with van der Waals surface area (Å²) in [5.74, 6) is -1.38. The number of pyridine rings is 1. The number of aryl methyl sites for hydroxylation is 3. The number of amides is 1. The lowest BCUT2D eigenvalue weighted by atomic mass is 10.1. The van der Waals surface area contributed by atoms with Crippen molar-refractivity contribution in [2.45, 2.75) is 20.8 Å². The van der Waals surface area contributed by atoms with Gasteiger partial charge in [0.25, 0.3) is 5.91 Å². The van der Waals surface area contributed by atoms with E-state index in [1.165, 1.54) is 12.1 Å². The van der Waals surface area contributed by atoms with Crippen molar-refractivity contribution in [2.24, 2.45) is 0 Å². The predicted molar refractivity (Wildman–Crippen MR) is 98.5 cm³/mol. The van der Waals surface area contributed by atoms with E-state index in [4.69, 9.17) is 5.11 Å². The maximum Gasteiger partial charge on any atom is 0.335 e. The zero-order chi connectivity index (χ0) is 18.3. The number of imidazole rings is 1. The summed E-state index contributed by atoms with van der Waals surface area (Å²) < 4.78 is 2.58. The monoisotopic (exact) mass is 401 g/mol. The third kappa shape index (κ3) is 3.15. The van der Waals surface area contributed by atoms with Crippen LogP contribution in [-0.2, 0) is 0 Å². The second-order valence-electron chi connectivity index (χ2n) is 5.87. The Hall–Kier alpha value is -2.67. The fourth-order valence-electron chi connectivity index (χ4n) is 2.73. The van der Waals surface area contributed by atoms with E-state index in [1.54, 1.807) is 23.6 Å². The van der Waals surface area contributed by atoms with Crippen LogP contribution in [0, 0.1) is 20.8 Å². The second-order valence-corrected chi connectivity index (χ2v) is 6.79. The number of hydrogen-bond acceptors (Lipinski definition) is 3. The number of carboxylic acids is 1. The van der Waals surface area contributed by atoms with Gasteiger partial charge in [0.2, 0.25) is 0 Å². The molecule has 3 aromatic rings. The zero-order valence-electron chi connectivity index (χ0n) is 13.9. The molecule has 7 heteroatoms. The van der Waals surface area contributed by atoms with Crippen LogP contribution in [0.2, 0.25) is 0 Å². The zero-order valence-corrected chi connectivity index (χ0v) is 15.5. The number of anilines is 1. The predicted octanol–water partition coefficient (Wildman–Crippen LogP) is 3.97. The highest BCUT2D eigenvalue weighted by atomic mass is 79.9. The third-order valence-electron chi connectivity index (χ3n) is 3.99. The first kappa shape index (κ1) is 17.2. The Morgan fingerprint density at radius 2 is 1.88 bits per heavy atom. The van der Waals surface area contributed by atoms with Gasteiger partial charge in [-0.15, -0.1) is 0 Å². The molecule has 0 bridgehead atoms. The molecule has 0 radical (unpaired) electrons. The number of fused-ring (bicyclic) bond motifs is 1. The normalized spacial score (nSPS) is 10.9. The Bertz CT molecular complexity index is 1020. The van der Waals surface area contributed by atoms with Crippen LogP contribution < -0.4 is 5.32 Å². The van der Waals surface area contributed by atoms with E-state index in [-0.39, 0.29) is 11.5 Å². The summed E-state index contributed by atoms with van der Waals surface area (Å²) in [4.78, 5) is 28.5. The van der Waals surface area contributed by atoms with E-state index in [2.05, 4.69) is 26.2 Å². The van der Waals surface area contributed by atoms with Crippen molar-refractivity contribution in [3.8, 4) is 0 Å². The molecule has 2 aromatic heterocycles. The lowest BCUT2D eigenvalue weighted by molar-refractivity contribution is 0.0696. The van der Waals surface area contributed by atoms with Crippen LogP contribution in [0.3, 0.4) is 0 Å². The van der Waals surface area contributed by atoms with Crippen LogP contribution in [0.5, 0.6) is 0 Å². The van der Waals surface area contributed by atoms with Crippen LogP contribution in [-0.4, -0.2) is 26.4 Å². The first-order chi connectivity index (χ1) is 11.8. The lowest BCUT2D eigenvalue weighted by Gasteiger charge is -2.10. The van der Waals surface area contributed by atoms with Crippen molar-refractivity contribution in [1.29, 1.82) is 0 Å². The van der Waals surface area contributed by atoms with Crippen molar-refractivity contribution >= 4 is 39.1 Å². The van der Waals surface area contributed by atoms with Crippen molar-refractivity contribution < 1.29 is 14.7 Å². The van der Waals surface area contributed by atoms with E-state index in [0.717, 1.165) is 15.6 Å². The van der Waals surface area contributed by atoms with Crippen molar-refractivity contribution in [1.82, 2.24) is 9.38 Å². The number of carboxylic acid groups (broad SMARTS) is 1. The summed E-state index contributed by atoms with van der Waals surface area (Å²) in [5.41, 5.74) is 4.04. The average molecular weight is 402 g/mol. The first-order valence-electron chi connectivity index (χ1n) is 7.58. The molecule has 0 saturated heterocycles. The molecule has 1 amide bonds. The van der Waals surface area contributed by atoms with Gasteiger partial charge in [-0.25, -0.2) is 9.78 Å². The molecule has 25 heavy (non-hydrogen) atoms. The van der Waals surface area contributed by atoms with Gasteiger partial charge < -0.3 is 10.4 Å². The highest BCUT2D eigenvalue weighted by Gasteiger charge is 2.19. The van der Waals surface area contributed by atoms with Gasteiger partial charge in [-0.3, -0.25) is 9.20 Å². The maximum absolute atomic E-state index is 12.8. The first-order valence-corrected chi connectivity index (χ1v) is 8.37. The van der Waals surface area contributed by atoms with Crippen LogP contribution in [0.1, 0.15) is 37.7 Å². The number of rotatable bonds is 3. The van der Waals surface area contributed by atoms with Gasteiger partial charge in [0.15, 0.2) is 0 Å². The molecular weight excluding hydrogens is 386 g/mol. The minimum atomic E-state index is -1.04. The van der Waals surface area contributed by atoms with E-state index >= 15 is 0 Å². The summed E-state index contributed by atoms with van der Waals surface area (Å²) >= 11 is 3.43. The molecule has 128 valence electrons. The minimum absolute atomic E-state index is 0.120. The maximum atomic E-state index is 12.8. The molecular formula is C18H16BrN3O3. The SMILES string of the molecule is Cc1ccc(C(=O)O)cc1NC(=O)c1c(C)nc2c(C)cc(Br)cn12. The summed E-state index contributed by atoms with van der Waals surface area (Å²) in [5, 5.41) is 11.9. The van der Waals surface area contributed by atoms with Gasteiger partial charge >= 0.3 is 5.97 Å². The van der Waals surface area contributed by atoms with E-state index in [0.29, 0.717) is 22.7 Å². The number of aromatic carboxylic acids is 1. The molecule has 0 aliphatic heterocycles. The fourth-order valence-corrected chi connectivity index (χ4v) is 3.27. The lowest BCUT2D eigenvalue weighted by Crippen LogP contribution is -2.17. The number of carbonyl (C=O) groups is 2. The molecule has 1 aromatic carbocycles. The number of carbonyl (C=O) groups excluding carboxylic acids is 1. The smallest absolute Gasteiger partial charge is 0.335 e. The number of nitrogens with one attached hydrogen (secondary N) is 1. The Labute approximate surface area is 152 Å². The van der Waals surface area contributed by atoms with Gasteiger partial charge in [0, 0.05) is 16.4 Å². The number of nitrogens with zero attached hydrogens (tertiary/aromatic N) is 2. The standard InChI is InChI=1S/C18H16BrN3O3/c1-9-4-5-12(18(24)25)7-14(9)21-17(23)15-11(3)20-16-10(2)6-13(19)8-22(15)16/h4-8H,1-3H3,(H,21,23)(H,24,25). The van der Waals surface area contributed by atoms with Crippen LogP contribution >= 0.6 is 15.9 Å².